The molecule has 70 valence electrons. The molecule has 0 rings (SSSR count). The first kappa shape index (κ1) is 11.3. The summed E-state index contributed by atoms with van der Waals surface area (Å²) in [6.07, 6.45) is 0. The summed E-state index contributed by atoms with van der Waals surface area (Å²) in [6, 6.07) is 0. The molecule has 0 atom stereocenters. The third-order valence-electron chi connectivity index (χ3n) is 0.853. The van der Waals surface area contributed by atoms with Gasteiger partial charge in [0, 0.05) is 5.57 Å². The molecule has 0 aromatic heterocycles. The van der Waals surface area contributed by atoms with Crippen molar-refractivity contribution in [2.24, 2.45) is 0 Å². The van der Waals surface area contributed by atoms with Gasteiger partial charge < -0.3 is 15.1 Å². The van der Waals surface area contributed by atoms with E-state index in [4.69, 9.17) is 9.79 Å². The van der Waals surface area contributed by atoms with Crippen LogP contribution in [0.1, 0.15) is 6.92 Å². The molecule has 3 N–H and O–H groups in total. The van der Waals surface area contributed by atoms with Crippen LogP contribution in [0.15, 0.2) is 12.2 Å². The van der Waals surface area contributed by atoms with E-state index in [1.165, 1.54) is 6.92 Å². The Kier molecular flexibility index (Phi) is 4.12. The minimum absolute atomic E-state index is 0.240. The second-order valence-electron chi connectivity index (χ2n) is 2.05. The molecule has 0 aliphatic rings. The van der Waals surface area contributed by atoms with Crippen molar-refractivity contribution < 1.29 is 23.7 Å². The van der Waals surface area contributed by atoms with Gasteiger partial charge >= 0.3 is 7.82 Å². The number of hydrogen-bond acceptors (Lipinski definition) is 3. The molecule has 0 aliphatic heterocycles. The number of hydrogen-bond donors (Lipinski definition) is 3. The van der Waals surface area contributed by atoms with Gasteiger partial charge in [0.25, 0.3) is 0 Å². The lowest BCUT2D eigenvalue weighted by Gasteiger charge is -2.06. The molecule has 0 radical (unpaired) electrons. The first-order valence-electron chi connectivity index (χ1n) is 2.97. The maximum atomic E-state index is 10.7. The van der Waals surface area contributed by atoms with E-state index in [0.29, 0.717) is 0 Å². The Morgan fingerprint density at radius 2 is 2.17 bits per heavy atom. The van der Waals surface area contributed by atoms with E-state index in [1.807, 2.05) is 0 Å². The molecule has 12 heavy (non-hydrogen) atoms. The highest BCUT2D eigenvalue weighted by Gasteiger charge is 2.13. The van der Waals surface area contributed by atoms with Gasteiger partial charge in [-0.1, -0.05) is 6.58 Å². The van der Waals surface area contributed by atoms with E-state index < -0.39 is 20.5 Å². The van der Waals surface area contributed by atoms with Crippen molar-refractivity contribution in [1.29, 1.82) is 0 Å². The maximum Gasteiger partial charge on any atom is 0.471 e. The van der Waals surface area contributed by atoms with Crippen molar-refractivity contribution in [2.75, 3.05) is 6.73 Å². The molecule has 6 nitrogen and oxygen atoms in total. The van der Waals surface area contributed by atoms with E-state index in [-0.39, 0.29) is 5.57 Å². The predicted molar refractivity (Wildman–Crippen MR) is 41.0 cm³/mol. The first-order chi connectivity index (χ1) is 5.33. The van der Waals surface area contributed by atoms with Crippen molar-refractivity contribution >= 4 is 13.7 Å². The summed E-state index contributed by atoms with van der Waals surface area (Å²) < 4.78 is 14.0. The zero-order valence-corrected chi connectivity index (χ0v) is 7.38. The van der Waals surface area contributed by atoms with Crippen LogP contribution in [0, 0.1) is 0 Å². The highest BCUT2D eigenvalue weighted by molar-refractivity contribution is 7.46. The van der Waals surface area contributed by atoms with E-state index in [2.05, 4.69) is 16.4 Å². The van der Waals surface area contributed by atoms with Crippen LogP contribution in [0.2, 0.25) is 0 Å². The van der Waals surface area contributed by atoms with Gasteiger partial charge in [0.05, 0.1) is 0 Å². The molecule has 0 aliphatic carbocycles. The number of phosphoric ester groups is 1. The molecule has 7 heteroatoms. The molecule has 0 aromatic carbocycles. The van der Waals surface area contributed by atoms with Crippen LogP contribution in [0.25, 0.3) is 0 Å². The zero-order chi connectivity index (χ0) is 9.78. The lowest BCUT2D eigenvalue weighted by molar-refractivity contribution is -0.118. The second-order valence-corrected chi connectivity index (χ2v) is 3.29. The van der Waals surface area contributed by atoms with Crippen LogP contribution in [-0.2, 0) is 13.9 Å². The lowest BCUT2D eigenvalue weighted by atomic mass is 10.3. The smallest absolute Gasteiger partial charge is 0.329 e. The monoisotopic (exact) mass is 195 g/mol. The number of phosphoric acid groups is 1. The molecule has 0 aromatic rings. The summed E-state index contributed by atoms with van der Waals surface area (Å²) in [6.45, 7) is 4.24. The Bertz CT molecular complexity index is 232. The van der Waals surface area contributed by atoms with Gasteiger partial charge in [0.2, 0.25) is 5.91 Å². The number of carbonyl (C=O) groups excluding carboxylic acids is 1. The van der Waals surface area contributed by atoms with Crippen molar-refractivity contribution in [2.45, 2.75) is 6.92 Å². The molecule has 0 saturated carbocycles. The molecular weight excluding hydrogens is 185 g/mol. The fraction of sp³-hybridized carbons (Fsp3) is 0.400. The van der Waals surface area contributed by atoms with Crippen molar-refractivity contribution in [3.63, 3.8) is 0 Å². The zero-order valence-electron chi connectivity index (χ0n) is 6.48. The average molecular weight is 195 g/mol. The SMILES string of the molecule is C=C(C)C(=O)NCOP(=O)(O)O. The molecule has 0 spiro atoms. The number of carbonyl (C=O) groups is 1. The van der Waals surface area contributed by atoms with Crippen LogP contribution >= 0.6 is 7.82 Å². The minimum Gasteiger partial charge on any atom is -0.329 e. The van der Waals surface area contributed by atoms with Crippen molar-refractivity contribution in [3.05, 3.63) is 12.2 Å². The maximum absolute atomic E-state index is 10.7. The van der Waals surface area contributed by atoms with Gasteiger partial charge in [-0.2, -0.15) is 0 Å². The van der Waals surface area contributed by atoms with Gasteiger partial charge in [0.15, 0.2) is 0 Å². The van der Waals surface area contributed by atoms with Crippen molar-refractivity contribution in [3.8, 4) is 0 Å². The highest BCUT2D eigenvalue weighted by Crippen LogP contribution is 2.34. The normalized spacial score (nSPS) is 10.9. The Morgan fingerprint density at radius 3 is 2.50 bits per heavy atom. The van der Waals surface area contributed by atoms with Crippen LogP contribution in [0.3, 0.4) is 0 Å². The number of nitrogens with one attached hydrogen (secondary N) is 1. The molecule has 0 fully saturated rings. The van der Waals surface area contributed by atoms with E-state index >= 15 is 0 Å². The Morgan fingerprint density at radius 1 is 1.67 bits per heavy atom. The summed E-state index contributed by atoms with van der Waals surface area (Å²) >= 11 is 0. The molecular formula is C5H10NO5P. The lowest BCUT2D eigenvalue weighted by Crippen LogP contribution is -2.25. The third-order valence-corrected chi connectivity index (χ3v) is 1.32. The van der Waals surface area contributed by atoms with Gasteiger partial charge in [-0.3, -0.25) is 9.32 Å². The Hall–Kier alpha value is -0.680. The predicted octanol–water partition coefficient (Wildman–Crippen LogP) is -0.255. The van der Waals surface area contributed by atoms with Crippen LogP contribution < -0.4 is 5.32 Å². The molecule has 0 heterocycles. The third kappa shape index (κ3) is 6.06. The molecule has 0 unspecified atom stereocenters. The van der Waals surface area contributed by atoms with Gasteiger partial charge in [-0.15, -0.1) is 0 Å². The van der Waals surface area contributed by atoms with Gasteiger partial charge in [-0.05, 0) is 6.92 Å². The van der Waals surface area contributed by atoms with Gasteiger partial charge in [0.1, 0.15) is 6.73 Å². The quantitative estimate of drug-likeness (QED) is 0.326. The summed E-state index contributed by atoms with van der Waals surface area (Å²) in [5, 5.41) is 2.09. The Labute approximate surface area is 69.5 Å². The summed E-state index contributed by atoms with van der Waals surface area (Å²) in [5.74, 6) is -0.511. The van der Waals surface area contributed by atoms with Gasteiger partial charge in [-0.25, -0.2) is 4.57 Å². The minimum atomic E-state index is -4.50. The Balaban J connectivity index is 3.65. The fourth-order valence-electron chi connectivity index (χ4n) is 0.333. The first-order valence-corrected chi connectivity index (χ1v) is 4.50. The second kappa shape index (κ2) is 4.37. The molecule has 0 bridgehead atoms. The molecule has 0 saturated heterocycles. The highest BCUT2D eigenvalue weighted by atomic mass is 31.2. The number of rotatable bonds is 4. The van der Waals surface area contributed by atoms with E-state index in [1.54, 1.807) is 0 Å². The standard InChI is InChI=1S/C5H10NO5P/c1-4(2)5(7)6-3-11-12(8,9)10/h1,3H2,2H3,(H,6,7)(H2,8,9,10). The fourth-order valence-corrected chi connectivity index (χ4v) is 0.566. The van der Waals surface area contributed by atoms with Crippen molar-refractivity contribution in [1.82, 2.24) is 5.32 Å². The largest absolute Gasteiger partial charge is 0.471 e. The van der Waals surface area contributed by atoms with E-state index in [0.717, 1.165) is 0 Å². The van der Waals surface area contributed by atoms with Crippen LogP contribution in [0.5, 0.6) is 0 Å². The summed E-state index contributed by atoms with van der Waals surface area (Å²) in [7, 11) is -4.50. The van der Waals surface area contributed by atoms with E-state index in [9.17, 15) is 9.36 Å². The average Bonchev–Trinajstić information content (AvgIpc) is 1.84. The van der Waals surface area contributed by atoms with Crippen LogP contribution in [-0.4, -0.2) is 22.4 Å². The number of amides is 1. The summed E-state index contributed by atoms with van der Waals surface area (Å²) in [5.41, 5.74) is 0.240. The van der Waals surface area contributed by atoms with Crippen LogP contribution in [0.4, 0.5) is 0 Å². The topological polar surface area (TPSA) is 95.9 Å². The molecule has 1 amide bonds. The summed E-state index contributed by atoms with van der Waals surface area (Å²) in [4.78, 5) is 27.1.